The molecule has 0 aliphatic heterocycles. The van der Waals surface area contributed by atoms with E-state index in [0.717, 1.165) is 15.4 Å². The summed E-state index contributed by atoms with van der Waals surface area (Å²) in [7, 11) is -4.26. The molecule has 0 saturated heterocycles. The minimum Gasteiger partial charge on any atom is -0.352 e. The molecule has 0 heterocycles. The highest BCUT2D eigenvalue weighted by Gasteiger charge is 2.35. The first kappa shape index (κ1) is 34.0. The lowest BCUT2D eigenvalue weighted by molar-refractivity contribution is -0.140. The van der Waals surface area contributed by atoms with E-state index in [1.165, 1.54) is 17.0 Å². The third-order valence-corrected chi connectivity index (χ3v) is 10.0. The minimum absolute atomic E-state index is 0.00817. The van der Waals surface area contributed by atoms with Gasteiger partial charge in [0.15, 0.2) is 0 Å². The number of para-hydroxylation sites is 1. The second-order valence-corrected chi connectivity index (χ2v) is 13.6. The first-order chi connectivity index (χ1) is 21.5. The Bertz CT molecular complexity index is 1720. The molecular formula is C35H37Cl2N3O4S. The van der Waals surface area contributed by atoms with Crippen LogP contribution in [0.2, 0.25) is 10.0 Å². The highest BCUT2D eigenvalue weighted by molar-refractivity contribution is 7.92. The van der Waals surface area contributed by atoms with Crippen molar-refractivity contribution < 1.29 is 18.0 Å². The van der Waals surface area contributed by atoms with Gasteiger partial charge in [0.25, 0.3) is 10.0 Å². The molecule has 0 bridgehead atoms. The van der Waals surface area contributed by atoms with Crippen molar-refractivity contribution in [3.05, 3.63) is 130 Å². The lowest BCUT2D eigenvalue weighted by atomic mass is 10.0. The number of rotatable bonds is 13. The molecule has 4 aromatic rings. The first-order valence-corrected chi connectivity index (χ1v) is 16.9. The summed E-state index contributed by atoms with van der Waals surface area (Å²) in [6.07, 6.45) is 0.896. The minimum atomic E-state index is -4.26. The fourth-order valence-corrected chi connectivity index (χ4v) is 6.73. The molecule has 0 spiro atoms. The third-order valence-electron chi connectivity index (χ3n) is 7.58. The van der Waals surface area contributed by atoms with Crippen molar-refractivity contribution in [3.63, 3.8) is 0 Å². The van der Waals surface area contributed by atoms with E-state index in [1.54, 1.807) is 60.7 Å². The zero-order chi connectivity index (χ0) is 32.6. The van der Waals surface area contributed by atoms with Crippen molar-refractivity contribution >= 4 is 50.7 Å². The molecule has 0 aliphatic carbocycles. The topological polar surface area (TPSA) is 86.8 Å². The number of carbonyl (C=O) groups excluding carboxylic acids is 2. The van der Waals surface area contributed by atoms with Crippen molar-refractivity contribution in [1.82, 2.24) is 10.2 Å². The molecule has 0 radical (unpaired) electrons. The second-order valence-electron chi connectivity index (χ2n) is 10.9. The van der Waals surface area contributed by atoms with Gasteiger partial charge in [0, 0.05) is 24.0 Å². The average molecular weight is 667 g/mol. The molecule has 2 amide bonds. The molecule has 2 atom stereocenters. The van der Waals surface area contributed by atoms with Crippen LogP contribution in [0.15, 0.2) is 108 Å². The van der Waals surface area contributed by atoms with Crippen LogP contribution in [0.3, 0.4) is 0 Å². The first-order valence-electron chi connectivity index (χ1n) is 14.7. The number of halogens is 2. The summed E-state index contributed by atoms with van der Waals surface area (Å²) in [5.41, 5.74) is 2.49. The lowest BCUT2D eigenvalue weighted by Crippen LogP contribution is -2.54. The van der Waals surface area contributed by atoms with E-state index in [2.05, 4.69) is 5.32 Å². The van der Waals surface area contributed by atoms with Gasteiger partial charge in [-0.3, -0.25) is 13.9 Å². The van der Waals surface area contributed by atoms with Crippen LogP contribution in [0.25, 0.3) is 0 Å². The molecule has 0 aromatic heterocycles. The Labute approximate surface area is 275 Å². The fraction of sp³-hybridized carbons (Fsp3) is 0.257. The van der Waals surface area contributed by atoms with Gasteiger partial charge in [-0.05, 0) is 61.7 Å². The monoisotopic (exact) mass is 665 g/mol. The molecular weight excluding hydrogens is 629 g/mol. The second kappa shape index (κ2) is 15.4. The molecule has 0 fully saturated rings. The van der Waals surface area contributed by atoms with Crippen LogP contribution in [-0.2, 0) is 32.6 Å². The maximum atomic E-state index is 14.5. The average Bonchev–Trinajstić information content (AvgIpc) is 3.03. The number of aryl methyl sites for hydroxylation is 1. The summed E-state index contributed by atoms with van der Waals surface area (Å²) in [4.78, 5) is 29.9. The number of amides is 2. The van der Waals surface area contributed by atoms with Gasteiger partial charge in [-0.1, -0.05) is 108 Å². The van der Waals surface area contributed by atoms with Gasteiger partial charge in [0.2, 0.25) is 11.8 Å². The number of carbonyl (C=O) groups is 2. The summed E-state index contributed by atoms with van der Waals surface area (Å²) in [6, 6.07) is 28.2. The number of sulfonamides is 1. The Morgan fingerprint density at radius 3 is 2.04 bits per heavy atom. The van der Waals surface area contributed by atoms with E-state index in [9.17, 15) is 18.0 Å². The highest BCUT2D eigenvalue weighted by atomic mass is 35.5. The molecule has 4 aromatic carbocycles. The zero-order valence-corrected chi connectivity index (χ0v) is 27.8. The van der Waals surface area contributed by atoms with E-state index >= 15 is 0 Å². The van der Waals surface area contributed by atoms with Gasteiger partial charge in [-0.25, -0.2) is 8.42 Å². The quantitative estimate of drug-likeness (QED) is 0.166. The van der Waals surface area contributed by atoms with Gasteiger partial charge in [-0.2, -0.15) is 0 Å². The number of nitrogens with one attached hydrogen (secondary N) is 1. The summed E-state index contributed by atoms with van der Waals surface area (Å²) in [5, 5.41) is 3.61. The summed E-state index contributed by atoms with van der Waals surface area (Å²) in [5.74, 6) is -0.940. The van der Waals surface area contributed by atoms with Crippen LogP contribution in [0.4, 0.5) is 5.69 Å². The van der Waals surface area contributed by atoms with Gasteiger partial charge < -0.3 is 10.2 Å². The van der Waals surface area contributed by atoms with Crippen molar-refractivity contribution in [2.45, 2.75) is 57.1 Å². The summed E-state index contributed by atoms with van der Waals surface area (Å²) < 4.78 is 29.3. The van der Waals surface area contributed by atoms with Gasteiger partial charge in [0.05, 0.1) is 15.6 Å². The van der Waals surface area contributed by atoms with Gasteiger partial charge in [0.1, 0.15) is 12.6 Å². The Hall–Kier alpha value is -3.85. The summed E-state index contributed by atoms with van der Waals surface area (Å²) >= 11 is 13.1. The smallest absolute Gasteiger partial charge is 0.264 e. The van der Waals surface area contributed by atoms with Crippen molar-refractivity contribution in [2.75, 3.05) is 10.8 Å². The molecule has 0 unspecified atom stereocenters. The Kier molecular flexibility index (Phi) is 11.7. The van der Waals surface area contributed by atoms with Crippen LogP contribution in [0.1, 0.15) is 37.0 Å². The normalized spacial score (nSPS) is 12.6. The summed E-state index contributed by atoms with van der Waals surface area (Å²) in [6.45, 7) is 5.08. The highest BCUT2D eigenvalue weighted by Crippen LogP contribution is 2.31. The molecule has 7 nitrogen and oxygen atoms in total. The molecule has 1 N–H and O–H groups in total. The van der Waals surface area contributed by atoms with Crippen LogP contribution >= 0.6 is 23.2 Å². The van der Waals surface area contributed by atoms with Crippen molar-refractivity contribution in [2.24, 2.45) is 0 Å². The van der Waals surface area contributed by atoms with Crippen molar-refractivity contribution in [3.8, 4) is 0 Å². The van der Waals surface area contributed by atoms with Crippen molar-refractivity contribution in [1.29, 1.82) is 0 Å². The molecule has 0 saturated carbocycles. The third kappa shape index (κ3) is 8.66. The SMILES string of the molecule is CC[C@H](C)NC(=O)[C@@H](Cc1ccccc1)N(Cc1ccccc1Cl)C(=O)CN(c1ccccc1Cl)S(=O)(=O)c1ccc(C)cc1. The van der Waals surface area contributed by atoms with E-state index in [0.29, 0.717) is 17.0 Å². The number of nitrogens with zero attached hydrogens (tertiary/aromatic N) is 2. The molecule has 10 heteroatoms. The maximum absolute atomic E-state index is 14.5. The zero-order valence-electron chi connectivity index (χ0n) is 25.5. The van der Waals surface area contributed by atoms with Crippen LogP contribution in [0.5, 0.6) is 0 Å². The largest absolute Gasteiger partial charge is 0.352 e. The van der Waals surface area contributed by atoms with Crippen LogP contribution < -0.4 is 9.62 Å². The maximum Gasteiger partial charge on any atom is 0.264 e. The number of hydrogen-bond donors (Lipinski definition) is 1. The molecule has 0 aliphatic rings. The van der Waals surface area contributed by atoms with E-state index in [-0.39, 0.29) is 40.5 Å². The predicted octanol–water partition coefficient (Wildman–Crippen LogP) is 7.05. The van der Waals surface area contributed by atoms with E-state index in [1.807, 2.05) is 51.1 Å². The standard InChI is InChI=1S/C35H37Cl2N3O4S/c1-4-26(3)38-35(42)33(22-27-12-6-5-7-13-27)39(23-28-14-8-9-15-30(28)36)34(41)24-40(32-17-11-10-16-31(32)37)45(43,44)29-20-18-25(2)19-21-29/h5-21,26,33H,4,22-24H2,1-3H3,(H,38,42)/t26-,33+/m0/s1. The van der Waals surface area contributed by atoms with Gasteiger partial charge >= 0.3 is 0 Å². The number of hydrogen-bond acceptors (Lipinski definition) is 4. The Morgan fingerprint density at radius 1 is 0.822 bits per heavy atom. The molecule has 45 heavy (non-hydrogen) atoms. The Morgan fingerprint density at radius 2 is 1.42 bits per heavy atom. The fourth-order valence-electron chi connectivity index (χ4n) is 4.81. The Balaban J connectivity index is 1.83. The van der Waals surface area contributed by atoms with E-state index < -0.39 is 28.5 Å². The van der Waals surface area contributed by atoms with Crippen LogP contribution in [0, 0.1) is 6.92 Å². The van der Waals surface area contributed by atoms with Crippen LogP contribution in [-0.4, -0.2) is 43.8 Å². The number of benzene rings is 4. The number of anilines is 1. The lowest BCUT2D eigenvalue weighted by Gasteiger charge is -2.34. The predicted molar refractivity (Wildman–Crippen MR) is 181 cm³/mol. The molecule has 4 rings (SSSR count). The van der Waals surface area contributed by atoms with Gasteiger partial charge in [-0.15, -0.1) is 0 Å². The molecule has 236 valence electrons. The van der Waals surface area contributed by atoms with E-state index in [4.69, 9.17) is 23.2 Å².